The number of hydrogen-bond acceptors (Lipinski definition) is 4. The molecule has 1 heterocycles. The van der Waals surface area contributed by atoms with Crippen molar-refractivity contribution >= 4 is 29.1 Å². The fourth-order valence-corrected chi connectivity index (χ4v) is 4.74. The van der Waals surface area contributed by atoms with E-state index in [9.17, 15) is 9.59 Å². The van der Waals surface area contributed by atoms with Gasteiger partial charge in [-0.2, -0.15) is 0 Å². The van der Waals surface area contributed by atoms with Crippen LogP contribution in [0.2, 0.25) is 5.02 Å². The Hall–Kier alpha value is -1.63. The monoisotopic (exact) mass is 463 g/mol. The lowest BCUT2D eigenvalue weighted by Crippen LogP contribution is -2.41. The fraction of sp³-hybridized carbons (Fsp3) is 0.680. The van der Waals surface area contributed by atoms with E-state index in [4.69, 9.17) is 16.3 Å². The van der Waals surface area contributed by atoms with E-state index in [0.29, 0.717) is 43.0 Å². The zero-order valence-corrected chi connectivity index (χ0v) is 20.6. The van der Waals surface area contributed by atoms with Crippen molar-refractivity contribution in [3.8, 4) is 0 Å². The number of hydrogen-bond donors (Lipinski definition) is 0. The number of benzene rings is 1. The maximum absolute atomic E-state index is 13.2. The molecule has 0 aromatic heterocycles. The van der Waals surface area contributed by atoms with Gasteiger partial charge in [-0.3, -0.25) is 14.5 Å². The van der Waals surface area contributed by atoms with Crippen molar-refractivity contribution in [1.82, 2.24) is 9.80 Å². The molecule has 6 nitrogen and oxygen atoms in total. The van der Waals surface area contributed by atoms with Crippen LogP contribution in [0.1, 0.15) is 57.9 Å². The molecule has 1 aliphatic carbocycles. The topological polar surface area (TPSA) is 53.1 Å². The standard InChI is InChI=1S/C25H38ClN3O3/c1-19(2)27-12-5-13-29(25(31)18-32-3)23-16-22(26)10-9-21(23)17-28(15-14-27)24(30)11-8-20-6-4-7-20/h9-10,16,19-20H,4-8,11-15,17-18H2,1-3H3. The number of carbonyl (C=O) groups is 2. The molecule has 178 valence electrons. The predicted octanol–water partition coefficient (Wildman–Crippen LogP) is 4.34. The molecule has 1 aromatic carbocycles. The van der Waals surface area contributed by atoms with Crippen molar-refractivity contribution in [1.29, 1.82) is 0 Å². The molecule has 7 heteroatoms. The third-order valence-corrected chi connectivity index (χ3v) is 7.06. The van der Waals surface area contributed by atoms with E-state index in [2.05, 4.69) is 18.7 Å². The van der Waals surface area contributed by atoms with Gasteiger partial charge in [0.1, 0.15) is 6.61 Å². The van der Waals surface area contributed by atoms with Crippen molar-refractivity contribution in [2.45, 2.75) is 65.0 Å². The highest BCUT2D eigenvalue weighted by Crippen LogP contribution is 2.31. The van der Waals surface area contributed by atoms with Crippen molar-refractivity contribution in [2.75, 3.05) is 44.8 Å². The molecule has 0 unspecified atom stereocenters. The Morgan fingerprint density at radius 2 is 1.88 bits per heavy atom. The number of amides is 2. The Balaban J connectivity index is 1.89. The number of fused-ring (bicyclic) bond motifs is 1. The molecule has 32 heavy (non-hydrogen) atoms. The van der Waals surface area contributed by atoms with Crippen molar-refractivity contribution in [3.63, 3.8) is 0 Å². The zero-order chi connectivity index (χ0) is 23.1. The van der Waals surface area contributed by atoms with Crippen molar-refractivity contribution < 1.29 is 14.3 Å². The molecule has 0 saturated heterocycles. The summed E-state index contributed by atoms with van der Waals surface area (Å²) in [5.41, 5.74) is 1.74. The molecule has 1 saturated carbocycles. The minimum absolute atomic E-state index is 0.0177. The van der Waals surface area contributed by atoms with Gasteiger partial charge in [-0.15, -0.1) is 0 Å². The first-order chi connectivity index (χ1) is 15.4. The molecule has 1 aliphatic heterocycles. The fourth-order valence-electron chi connectivity index (χ4n) is 4.58. The van der Waals surface area contributed by atoms with Gasteiger partial charge in [0, 0.05) is 57.3 Å². The molecule has 2 aliphatic rings. The normalized spacial score (nSPS) is 18.8. The van der Waals surface area contributed by atoms with Gasteiger partial charge >= 0.3 is 0 Å². The molecule has 1 fully saturated rings. The van der Waals surface area contributed by atoms with E-state index in [0.717, 1.165) is 37.2 Å². The Bertz CT molecular complexity index is 782. The number of halogens is 1. The molecule has 0 spiro atoms. The number of rotatable bonds is 6. The summed E-state index contributed by atoms with van der Waals surface area (Å²) in [7, 11) is 1.53. The summed E-state index contributed by atoms with van der Waals surface area (Å²) >= 11 is 6.34. The summed E-state index contributed by atoms with van der Waals surface area (Å²) in [6.45, 7) is 7.86. The molecule has 0 atom stereocenters. The summed E-state index contributed by atoms with van der Waals surface area (Å²) in [5, 5.41) is 0.584. The minimum Gasteiger partial charge on any atom is -0.375 e. The van der Waals surface area contributed by atoms with Crippen LogP contribution >= 0.6 is 11.6 Å². The highest BCUT2D eigenvalue weighted by Gasteiger charge is 2.25. The molecule has 0 N–H and O–H groups in total. The number of ether oxygens (including phenoxy) is 1. The first-order valence-corrected chi connectivity index (χ1v) is 12.4. The van der Waals surface area contributed by atoms with E-state index >= 15 is 0 Å². The lowest BCUT2D eigenvalue weighted by Gasteiger charge is -2.31. The number of nitrogens with zero attached hydrogens (tertiary/aromatic N) is 3. The number of carbonyl (C=O) groups excluding carboxylic acids is 2. The maximum atomic E-state index is 13.2. The lowest BCUT2D eigenvalue weighted by molar-refractivity contribution is -0.132. The average molecular weight is 464 g/mol. The van der Waals surface area contributed by atoms with E-state index in [1.54, 1.807) is 4.90 Å². The summed E-state index contributed by atoms with van der Waals surface area (Å²) in [6, 6.07) is 6.02. The third kappa shape index (κ3) is 6.69. The van der Waals surface area contributed by atoms with Crippen LogP contribution in [0, 0.1) is 5.92 Å². The minimum atomic E-state index is -0.0887. The van der Waals surface area contributed by atoms with E-state index in [1.165, 1.54) is 26.4 Å². The summed E-state index contributed by atoms with van der Waals surface area (Å²) in [5.74, 6) is 0.827. The second-order valence-electron chi connectivity index (χ2n) is 9.39. The molecular weight excluding hydrogens is 426 g/mol. The quantitative estimate of drug-likeness (QED) is 0.629. The van der Waals surface area contributed by atoms with Crippen LogP contribution in [0.4, 0.5) is 5.69 Å². The van der Waals surface area contributed by atoms with E-state index in [-0.39, 0.29) is 18.4 Å². The number of methoxy groups -OCH3 is 1. The van der Waals surface area contributed by atoms with Crippen LogP contribution in [0.3, 0.4) is 0 Å². The van der Waals surface area contributed by atoms with Gasteiger partial charge in [-0.05, 0) is 50.3 Å². The van der Waals surface area contributed by atoms with Gasteiger partial charge in [-0.25, -0.2) is 0 Å². The highest BCUT2D eigenvalue weighted by molar-refractivity contribution is 6.31. The lowest BCUT2D eigenvalue weighted by atomic mass is 9.82. The molecule has 0 bridgehead atoms. The van der Waals surface area contributed by atoms with Gasteiger partial charge in [0.25, 0.3) is 5.91 Å². The first kappa shape index (κ1) is 25.0. The second kappa shape index (κ2) is 12.0. The Labute approximate surface area is 197 Å². The molecule has 0 radical (unpaired) electrons. The van der Waals surface area contributed by atoms with Crippen molar-refractivity contribution in [3.05, 3.63) is 28.8 Å². The number of anilines is 1. The zero-order valence-electron chi connectivity index (χ0n) is 19.8. The largest absolute Gasteiger partial charge is 0.375 e. The smallest absolute Gasteiger partial charge is 0.252 e. The SMILES string of the molecule is COCC(=O)N1CCCN(C(C)C)CCN(C(=O)CCC2CCC2)Cc2ccc(Cl)cc21. The summed E-state index contributed by atoms with van der Waals surface area (Å²) in [6.07, 6.45) is 6.23. The molecule has 3 rings (SSSR count). The Kier molecular flexibility index (Phi) is 9.38. The summed E-state index contributed by atoms with van der Waals surface area (Å²) in [4.78, 5) is 32.3. The highest BCUT2D eigenvalue weighted by atomic mass is 35.5. The maximum Gasteiger partial charge on any atom is 0.252 e. The van der Waals surface area contributed by atoms with Crippen LogP contribution < -0.4 is 4.90 Å². The van der Waals surface area contributed by atoms with Crippen LogP contribution in [0.25, 0.3) is 0 Å². The third-order valence-electron chi connectivity index (χ3n) is 6.83. The predicted molar refractivity (Wildman–Crippen MR) is 129 cm³/mol. The molecule has 2 amide bonds. The van der Waals surface area contributed by atoms with Gasteiger partial charge in [0.2, 0.25) is 5.91 Å². The molecule has 1 aromatic rings. The second-order valence-corrected chi connectivity index (χ2v) is 9.82. The van der Waals surface area contributed by atoms with Crippen LogP contribution in [0.5, 0.6) is 0 Å². The van der Waals surface area contributed by atoms with E-state index < -0.39 is 0 Å². The van der Waals surface area contributed by atoms with E-state index in [1.807, 2.05) is 23.1 Å². The van der Waals surface area contributed by atoms with Gasteiger partial charge in [-0.1, -0.05) is 36.9 Å². The summed E-state index contributed by atoms with van der Waals surface area (Å²) < 4.78 is 5.14. The van der Waals surface area contributed by atoms with Crippen LogP contribution in [-0.4, -0.2) is 67.6 Å². The Morgan fingerprint density at radius 3 is 2.53 bits per heavy atom. The van der Waals surface area contributed by atoms with Gasteiger partial charge in [0.05, 0.1) is 5.69 Å². The van der Waals surface area contributed by atoms with Crippen LogP contribution in [-0.2, 0) is 20.9 Å². The Morgan fingerprint density at radius 1 is 1.09 bits per heavy atom. The van der Waals surface area contributed by atoms with Crippen molar-refractivity contribution in [2.24, 2.45) is 5.92 Å². The van der Waals surface area contributed by atoms with Gasteiger partial charge < -0.3 is 14.5 Å². The van der Waals surface area contributed by atoms with Gasteiger partial charge in [0.15, 0.2) is 0 Å². The average Bonchev–Trinajstić information content (AvgIpc) is 2.75. The molecular formula is C25H38ClN3O3. The first-order valence-electron chi connectivity index (χ1n) is 12.0. The van der Waals surface area contributed by atoms with Crippen LogP contribution in [0.15, 0.2) is 18.2 Å².